The van der Waals surface area contributed by atoms with Crippen molar-refractivity contribution in [2.24, 2.45) is 0 Å². The van der Waals surface area contributed by atoms with Gasteiger partial charge in [-0.2, -0.15) is 0 Å². The Morgan fingerprint density at radius 3 is 2.94 bits per heavy atom. The van der Waals surface area contributed by atoms with E-state index in [4.69, 9.17) is 4.74 Å². The highest BCUT2D eigenvalue weighted by molar-refractivity contribution is 5.89. The van der Waals surface area contributed by atoms with Crippen molar-refractivity contribution in [3.63, 3.8) is 0 Å². The molecule has 1 aliphatic rings. The molecule has 2 rings (SSSR count). The van der Waals surface area contributed by atoms with Crippen LogP contribution >= 0.6 is 0 Å². The number of rotatable bonds is 1. The normalized spacial score (nSPS) is 20.3. The van der Waals surface area contributed by atoms with Crippen LogP contribution in [0.1, 0.15) is 34.5 Å². The monoisotopic (exact) mass is 219 g/mol. The lowest BCUT2D eigenvalue weighted by molar-refractivity contribution is 0.0600. The molecule has 0 aliphatic carbocycles. The molecule has 0 fully saturated rings. The van der Waals surface area contributed by atoms with E-state index in [-0.39, 0.29) is 5.97 Å². The number of likely N-dealkylation sites (N-methyl/N-ethyl adjacent to an activating group) is 1. The van der Waals surface area contributed by atoms with Gasteiger partial charge in [-0.05, 0) is 43.7 Å². The number of carbonyl (C=O) groups excluding carboxylic acids is 1. The third-order valence-corrected chi connectivity index (χ3v) is 3.41. The van der Waals surface area contributed by atoms with E-state index in [0.717, 1.165) is 13.0 Å². The first-order chi connectivity index (χ1) is 7.63. The number of benzene rings is 1. The van der Waals surface area contributed by atoms with Crippen LogP contribution < -0.4 is 0 Å². The van der Waals surface area contributed by atoms with E-state index in [1.54, 1.807) is 0 Å². The van der Waals surface area contributed by atoms with E-state index in [2.05, 4.69) is 18.9 Å². The van der Waals surface area contributed by atoms with Gasteiger partial charge in [0.25, 0.3) is 0 Å². The number of nitrogens with zero attached hydrogens (tertiary/aromatic N) is 1. The summed E-state index contributed by atoms with van der Waals surface area (Å²) < 4.78 is 4.74. The molecule has 1 unspecified atom stereocenters. The highest BCUT2D eigenvalue weighted by Crippen LogP contribution is 2.28. The van der Waals surface area contributed by atoms with Gasteiger partial charge in [0.2, 0.25) is 0 Å². The van der Waals surface area contributed by atoms with Crippen molar-refractivity contribution in [1.82, 2.24) is 4.90 Å². The van der Waals surface area contributed by atoms with Crippen LogP contribution in [0.15, 0.2) is 18.2 Å². The molecule has 0 N–H and O–H groups in total. The zero-order valence-corrected chi connectivity index (χ0v) is 9.99. The van der Waals surface area contributed by atoms with E-state index in [1.165, 1.54) is 18.2 Å². The summed E-state index contributed by atoms with van der Waals surface area (Å²) >= 11 is 0. The fraction of sp³-hybridized carbons (Fsp3) is 0.462. The first-order valence-electron chi connectivity index (χ1n) is 5.55. The fourth-order valence-electron chi connectivity index (χ4n) is 2.18. The smallest absolute Gasteiger partial charge is 0.337 e. The van der Waals surface area contributed by atoms with Crippen LogP contribution in [-0.2, 0) is 11.2 Å². The topological polar surface area (TPSA) is 29.5 Å². The number of fused-ring (bicyclic) bond motifs is 1. The third-order valence-electron chi connectivity index (χ3n) is 3.41. The molecular formula is C13H17NO2. The zero-order valence-electron chi connectivity index (χ0n) is 9.99. The Morgan fingerprint density at radius 1 is 1.50 bits per heavy atom. The second kappa shape index (κ2) is 4.26. The van der Waals surface area contributed by atoms with Crippen LogP contribution in [0.5, 0.6) is 0 Å². The Bertz CT molecular complexity index is 414. The van der Waals surface area contributed by atoms with Crippen LogP contribution in [0.3, 0.4) is 0 Å². The summed E-state index contributed by atoms with van der Waals surface area (Å²) in [6.07, 6.45) is 1.05. The molecule has 0 radical (unpaired) electrons. The summed E-state index contributed by atoms with van der Waals surface area (Å²) in [5.74, 6) is -0.261. The molecule has 1 atom stereocenters. The van der Waals surface area contributed by atoms with E-state index in [1.807, 2.05) is 18.2 Å². The van der Waals surface area contributed by atoms with Gasteiger partial charge in [0.15, 0.2) is 0 Å². The van der Waals surface area contributed by atoms with Gasteiger partial charge in [-0.25, -0.2) is 4.79 Å². The minimum Gasteiger partial charge on any atom is -0.465 e. The number of carbonyl (C=O) groups is 1. The van der Waals surface area contributed by atoms with Gasteiger partial charge >= 0.3 is 5.97 Å². The van der Waals surface area contributed by atoms with Gasteiger partial charge in [0, 0.05) is 12.6 Å². The predicted octanol–water partition coefficient (Wildman–Crippen LogP) is 2.02. The summed E-state index contributed by atoms with van der Waals surface area (Å²) in [6.45, 7) is 3.24. The van der Waals surface area contributed by atoms with Crippen molar-refractivity contribution in [3.05, 3.63) is 34.9 Å². The van der Waals surface area contributed by atoms with Crippen molar-refractivity contribution >= 4 is 5.97 Å². The van der Waals surface area contributed by atoms with Crippen LogP contribution in [-0.4, -0.2) is 31.6 Å². The number of esters is 1. The van der Waals surface area contributed by atoms with Crippen LogP contribution in [0.4, 0.5) is 0 Å². The van der Waals surface area contributed by atoms with Gasteiger partial charge in [-0.3, -0.25) is 4.90 Å². The molecule has 0 aromatic heterocycles. The van der Waals surface area contributed by atoms with Gasteiger partial charge in [-0.15, -0.1) is 0 Å². The minimum absolute atomic E-state index is 0.261. The standard InChI is InChI=1S/C13H17NO2/c1-9-12-8-11(13(15)16-3)5-4-10(12)6-7-14(9)2/h4-5,8-9H,6-7H2,1-3H3. The average molecular weight is 219 g/mol. The molecule has 0 bridgehead atoms. The summed E-state index contributed by atoms with van der Waals surface area (Å²) in [6, 6.07) is 6.23. The number of ether oxygens (including phenoxy) is 1. The summed E-state index contributed by atoms with van der Waals surface area (Å²) in [4.78, 5) is 13.7. The molecule has 0 saturated carbocycles. The highest BCUT2D eigenvalue weighted by Gasteiger charge is 2.21. The molecule has 0 spiro atoms. The molecule has 1 aromatic rings. The van der Waals surface area contributed by atoms with E-state index < -0.39 is 0 Å². The molecule has 1 aromatic carbocycles. The fourth-order valence-corrected chi connectivity index (χ4v) is 2.18. The van der Waals surface area contributed by atoms with Crippen molar-refractivity contribution in [2.75, 3.05) is 20.7 Å². The first kappa shape index (κ1) is 11.1. The minimum atomic E-state index is -0.261. The zero-order chi connectivity index (χ0) is 11.7. The summed E-state index contributed by atoms with van der Waals surface area (Å²) in [5.41, 5.74) is 3.23. The quantitative estimate of drug-likeness (QED) is 0.677. The maximum Gasteiger partial charge on any atom is 0.337 e. The number of methoxy groups -OCH3 is 1. The molecule has 16 heavy (non-hydrogen) atoms. The van der Waals surface area contributed by atoms with Crippen LogP contribution in [0.25, 0.3) is 0 Å². The maximum absolute atomic E-state index is 11.5. The average Bonchev–Trinajstić information content (AvgIpc) is 2.32. The second-order valence-corrected chi connectivity index (χ2v) is 4.31. The van der Waals surface area contributed by atoms with E-state index in [0.29, 0.717) is 11.6 Å². The second-order valence-electron chi connectivity index (χ2n) is 4.31. The van der Waals surface area contributed by atoms with Crippen molar-refractivity contribution in [1.29, 1.82) is 0 Å². The molecule has 3 nitrogen and oxygen atoms in total. The third kappa shape index (κ3) is 1.83. The lowest BCUT2D eigenvalue weighted by Crippen LogP contribution is -2.30. The molecule has 0 saturated heterocycles. The lowest BCUT2D eigenvalue weighted by Gasteiger charge is -2.32. The molecular weight excluding hydrogens is 202 g/mol. The number of hydrogen-bond donors (Lipinski definition) is 0. The Hall–Kier alpha value is -1.35. The summed E-state index contributed by atoms with van der Waals surface area (Å²) in [5, 5.41) is 0. The number of hydrogen-bond acceptors (Lipinski definition) is 3. The van der Waals surface area contributed by atoms with Gasteiger partial charge < -0.3 is 4.74 Å². The van der Waals surface area contributed by atoms with Crippen molar-refractivity contribution in [2.45, 2.75) is 19.4 Å². The Morgan fingerprint density at radius 2 is 2.25 bits per heavy atom. The molecule has 86 valence electrons. The van der Waals surface area contributed by atoms with Crippen molar-refractivity contribution in [3.8, 4) is 0 Å². The van der Waals surface area contributed by atoms with E-state index >= 15 is 0 Å². The van der Waals surface area contributed by atoms with Crippen LogP contribution in [0.2, 0.25) is 0 Å². The molecule has 1 heterocycles. The van der Waals surface area contributed by atoms with Gasteiger partial charge in [0.05, 0.1) is 12.7 Å². The van der Waals surface area contributed by atoms with E-state index in [9.17, 15) is 4.79 Å². The Kier molecular flexibility index (Phi) is 2.97. The molecule has 1 aliphatic heterocycles. The summed E-state index contributed by atoms with van der Waals surface area (Å²) in [7, 11) is 3.52. The Labute approximate surface area is 96.0 Å². The Balaban J connectivity index is 2.40. The van der Waals surface area contributed by atoms with Gasteiger partial charge in [-0.1, -0.05) is 6.07 Å². The first-order valence-corrected chi connectivity index (χ1v) is 5.55. The largest absolute Gasteiger partial charge is 0.465 e. The van der Waals surface area contributed by atoms with Crippen LogP contribution in [0, 0.1) is 0 Å². The van der Waals surface area contributed by atoms with Crippen molar-refractivity contribution < 1.29 is 9.53 Å². The maximum atomic E-state index is 11.5. The highest BCUT2D eigenvalue weighted by atomic mass is 16.5. The molecule has 3 heteroatoms. The SMILES string of the molecule is COC(=O)c1ccc2c(c1)C(C)N(C)CC2. The lowest BCUT2D eigenvalue weighted by atomic mass is 9.92. The predicted molar refractivity (Wildman–Crippen MR) is 62.5 cm³/mol. The molecule has 0 amide bonds. The van der Waals surface area contributed by atoms with Gasteiger partial charge in [0.1, 0.15) is 0 Å².